The third kappa shape index (κ3) is 3.93. The Balaban J connectivity index is 1.43. The molecule has 1 aromatic carbocycles. The van der Waals surface area contributed by atoms with Gasteiger partial charge in [0.25, 0.3) is 5.91 Å². The molecule has 0 aliphatic heterocycles. The van der Waals surface area contributed by atoms with E-state index in [1.165, 1.54) is 16.6 Å². The molecule has 3 aromatic rings. The quantitative estimate of drug-likeness (QED) is 0.680. The molecule has 5 heteroatoms. The fourth-order valence-corrected chi connectivity index (χ4v) is 2.74. The van der Waals surface area contributed by atoms with Gasteiger partial charge in [-0.05, 0) is 43.0 Å². The van der Waals surface area contributed by atoms with Crippen LogP contribution in [-0.4, -0.2) is 28.6 Å². The molecule has 124 valence electrons. The Morgan fingerprint density at radius 3 is 2.96 bits per heavy atom. The monoisotopic (exact) mass is 323 g/mol. The molecule has 24 heavy (non-hydrogen) atoms. The molecule has 0 saturated carbocycles. The number of ether oxygens (including phenoxy) is 1. The number of nitrogens with one attached hydrogen (secondary N) is 1. The lowest BCUT2D eigenvalue weighted by molar-refractivity contribution is -0.123. The Labute approximate surface area is 141 Å². The van der Waals surface area contributed by atoms with E-state index in [1.54, 1.807) is 24.5 Å². The highest BCUT2D eigenvalue weighted by Gasteiger charge is 2.05. The number of carbonyl (C=O) groups is 1. The van der Waals surface area contributed by atoms with Crippen molar-refractivity contribution in [2.45, 2.75) is 19.9 Å². The number of nitrogens with zero attached hydrogens (tertiary/aromatic N) is 2. The second kappa shape index (κ2) is 7.64. The van der Waals surface area contributed by atoms with E-state index < -0.39 is 0 Å². The van der Waals surface area contributed by atoms with Crippen LogP contribution in [0.5, 0.6) is 5.75 Å². The van der Waals surface area contributed by atoms with Gasteiger partial charge in [-0.2, -0.15) is 0 Å². The Morgan fingerprint density at radius 2 is 2.12 bits per heavy atom. The van der Waals surface area contributed by atoms with Crippen molar-refractivity contribution in [3.05, 3.63) is 60.6 Å². The first-order valence-electron chi connectivity index (χ1n) is 8.08. The fourth-order valence-electron chi connectivity index (χ4n) is 2.74. The lowest BCUT2D eigenvalue weighted by Gasteiger charge is -2.10. The van der Waals surface area contributed by atoms with E-state index in [1.807, 2.05) is 0 Å². The van der Waals surface area contributed by atoms with Gasteiger partial charge in [-0.3, -0.25) is 9.78 Å². The van der Waals surface area contributed by atoms with Gasteiger partial charge in [-0.1, -0.05) is 18.2 Å². The molecule has 2 aromatic heterocycles. The van der Waals surface area contributed by atoms with Gasteiger partial charge in [0, 0.05) is 30.5 Å². The van der Waals surface area contributed by atoms with Gasteiger partial charge in [-0.15, -0.1) is 0 Å². The zero-order valence-electron chi connectivity index (χ0n) is 13.7. The van der Waals surface area contributed by atoms with Crippen LogP contribution in [0.2, 0.25) is 0 Å². The lowest BCUT2D eigenvalue weighted by atomic mass is 10.2. The zero-order chi connectivity index (χ0) is 16.8. The van der Waals surface area contributed by atoms with Crippen molar-refractivity contribution in [3.8, 4) is 5.75 Å². The Bertz CT molecular complexity index is 812. The van der Waals surface area contributed by atoms with Crippen LogP contribution in [-0.2, 0) is 11.3 Å². The summed E-state index contributed by atoms with van der Waals surface area (Å²) >= 11 is 0. The van der Waals surface area contributed by atoms with E-state index >= 15 is 0 Å². The highest BCUT2D eigenvalue weighted by atomic mass is 16.5. The number of aryl methyl sites for hydroxylation is 2. The van der Waals surface area contributed by atoms with Crippen molar-refractivity contribution in [2.24, 2.45) is 0 Å². The Kier molecular flexibility index (Phi) is 5.11. The molecule has 1 amide bonds. The Morgan fingerprint density at radius 1 is 1.25 bits per heavy atom. The molecule has 0 aliphatic carbocycles. The molecule has 3 rings (SSSR count). The Hall–Kier alpha value is -2.82. The number of aromatic nitrogens is 2. The summed E-state index contributed by atoms with van der Waals surface area (Å²) in [6.45, 7) is 3.63. The van der Waals surface area contributed by atoms with E-state index in [-0.39, 0.29) is 12.5 Å². The molecule has 0 unspecified atom stereocenters. The van der Waals surface area contributed by atoms with Gasteiger partial charge in [0.1, 0.15) is 5.75 Å². The summed E-state index contributed by atoms with van der Waals surface area (Å²) in [6.07, 6.45) is 4.13. The molecule has 0 radical (unpaired) electrons. The van der Waals surface area contributed by atoms with Gasteiger partial charge in [0.2, 0.25) is 0 Å². The maximum atomic E-state index is 11.8. The molecular formula is C19H21N3O2. The molecule has 0 bridgehead atoms. The third-order valence-corrected chi connectivity index (χ3v) is 3.90. The van der Waals surface area contributed by atoms with Crippen LogP contribution in [0.1, 0.15) is 12.1 Å². The van der Waals surface area contributed by atoms with E-state index in [0.717, 1.165) is 13.0 Å². The van der Waals surface area contributed by atoms with Crippen molar-refractivity contribution in [3.63, 3.8) is 0 Å². The summed E-state index contributed by atoms with van der Waals surface area (Å²) in [4.78, 5) is 15.7. The summed E-state index contributed by atoms with van der Waals surface area (Å²) in [7, 11) is 0. The number of hydrogen-bond acceptors (Lipinski definition) is 3. The van der Waals surface area contributed by atoms with Crippen LogP contribution in [0.3, 0.4) is 0 Å². The average molecular weight is 323 g/mol. The van der Waals surface area contributed by atoms with Crippen molar-refractivity contribution in [2.75, 3.05) is 13.2 Å². The highest BCUT2D eigenvalue weighted by molar-refractivity contribution is 5.81. The van der Waals surface area contributed by atoms with E-state index in [0.29, 0.717) is 12.3 Å². The number of para-hydroxylation sites is 1. The van der Waals surface area contributed by atoms with Gasteiger partial charge in [-0.25, -0.2) is 0 Å². The van der Waals surface area contributed by atoms with Crippen LogP contribution in [0.4, 0.5) is 0 Å². The molecule has 0 spiro atoms. The highest BCUT2D eigenvalue weighted by Crippen LogP contribution is 2.19. The minimum atomic E-state index is -0.118. The van der Waals surface area contributed by atoms with Crippen molar-refractivity contribution >= 4 is 16.8 Å². The van der Waals surface area contributed by atoms with Crippen molar-refractivity contribution < 1.29 is 9.53 Å². The standard InChI is InChI=1S/C19H21N3O2/c1-15-12-16-6-2-3-8-18(16)22(15)11-5-10-21-19(23)14-24-17-7-4-9-20-13-17/h2-4,6-9,12-13H,5,10-11,14H2,1H3,(H,21,23). The molecule has 0 aliphatic rings. The van der Waals surface area contributed by atoms with Gasteiger partial charge in [0.15, 0.2) is 6.61 Å². The third-order valence-electron chi connectivity index (χ3n) is 3.90. The first-order valence-corrected chi connectivity index (χ1v) is 8.08. The first-order chi connectivity index (χ1) is 11.7. The number of fused-ring (bicyclic) bond motifs is 1. The van der Waals surface area contributed by atoms with Gasteiger partial charge in [0.05, 0.1) is 6.20 Å². The van der Waals surface area contributed by atoms with E-state index in [4.69, 9.17) is 4.74 Å². The van der Waals surface area contributed by atoms with Crippen molar-refractivity contribution in [1.29, 1.82) is 0 Å². The molecule has 5 nitrogen and oxygen atoms in total. The molecular weight excluding hydrogens is 302 g/mol. The average Bonchev–Trinajstić information content (AvgIpc) is 2.93. The van der Waals surface area contributed by atoms with Crippen molar-refractivity contribution in [1.82, 2.24) is 14.9 Å². The first kappa shape index (κ1) is 16.1. The summed E-state index contributed by atoms with van der Waals surface area (Å²) in [5, 5.41) is 4.14. The van der Waals surface area contributed by atoms with Gasteiger partial charge < -0.3 is 14.6 Å². The summed E-state index contributed by atoms with van der Waals surface area (Å²) in [5.74, 6) is 0.482. The second-order valence-corrected chi connectivity index (χ2v) is 5.68. The number of amides is 1. The number of benzene rings is 1. The summed E-state index contributed by atoms with van der Waals surface area (Å²) in [5.41, 5.74) is 2.48. The predicted octanol–water partition coefficient (Wildman–Crippen LogP) is 2.93. The largest absolute Gasteiger partial charge is 0.482 e. The SMILES string of the molecule is Cc1cc2ccccc2n1CCCNC(=O)COc1cccnc1. The minimum Gasteiger partial charge on any atom is -0.482 e. The minimum absolute atomic E-state index is 0.0111. The van der Waals surface area contributed by atoms with Crippen LogP contribution < -0.4 is 10.1 Å². The number of carbonyl (C=O) groups excluding carboxylic acids is 1. The summed E-state index contributed by atoms with van der Waals surface area (Å²) < 4.78 is 7.65. The maximum Gasteiger partial charge on any atom is 0.257 e. The van der Waals surface area contributed by atoms with E-state index in [9.17, 15) is 4.79 Å². The van der Waals surface area contributed by atoms with Crippen LogP contribution >= 0.6 is 0 Å². The smallest absolute Gasteiger partial charge is 0.257 e. The fraction of sp³-hybridized carbons (Fsp3) is 0.263. The number of hydrogen-bond donors (Lipinski definition) is 1. The second-order valence-electron chi connectivity index (χ2n) is 5.68. The molecule has 1 N–H and O–H groups in total. The van der Waals surface area contributed by atoms with E-state index in [2.05, 4.69) is 52.1 Å². The topological polar surface area (TPSA) is 56.2 Å². The molecule has 2 heterocycles. The molecule has 0 fully saturated rings. The zero-order valence-corrected chi connectivity index (χ0v) is 13.7. The van der Waals surface area contributed by atoms with Gasteiger partial charge >= 0.3 is 0 Å². The van der Waals surface area contributed by atoms with Crippen LogP contribution in [0.15, 0.2) is 54.9 Å². The maximum absolute atomic E-state index is 11.8. The summed E-state index contributed by atoms with van der Waals surface area (Å²) in [6, 6.07) is 14.1. The van der Waals surface area contributed by atoms with Crippen LogP contribution in [0.25, 0.3) is 10.9 Å². The van der Waals surface area contributed by atoms with Crippen LogP contribution in [0, 0.1) is 6.92 Å². The number of rotatable bonds is 7. The normalized spacial score (nSPS) is 10.7. The molecule has 0 saturated heterocycles. The predicted molar refractivity (Wildman–Crippen MR) is 94.0 cm³/mol. The number of pyridine rings is 1. The lowest BCUT2D eigenvalue weighted by Crippen LogP contribution is -2.30. The molecule has 0 atom stereocenters.